The molecule has 1 amide bonds. The SMILES string of the molecule is CCCNC(=O)CN1CCN(S(=O)(=O)c2ccc(C(C)C)cc2)CC1. The van der Waals surface area contributed by atoms with Crippen molar-refractivity contribution in [2.75, 3.05) is 39.3 Å². The predicted octanol–water partition coefficient (Wildman–Crippen LogP) is 1.64. The van der Waals surface area contributed by atoms with Gasteiger partial charge in [-0.05, 0) is 30.0 Å². The molecule has 1 aliphatic rings. The van der Waals surface area contributed by atoms with Crippen molar-refractivity contribution < 1.29 is 13.2 Å². The Morgan fingerprint density at radius 3 is 2.24 bits per heavy atom. The second-order valence-corrected chi connectivity index (χ2v) is 8.69. The van der Waals surface area contributed by atoms with Crippen LogP contribution in [-0.4, -0.2) is 62.8 Å². The summed E-state index contributed by atoms with van der Waals surface area (Å²) >= 11 is 0. The molecule has 1 aromatic rings. The zero-order valence-corrected chi connectivity index (χ0v) is 16.2. The van der Waals surface area contributed by atoms with Crippen LogP contribution in [0.15, 0.2) is 29.2 Å². The number of benzene rings is 1. The molecular weight excluding hydrogens is 338 g/mol. The minimum absolute atomic E-state index is 0.00225. The van der Waals surface area contributed by atoms with E-state index in [1.807, 2.05) is 24.0 Å². The van der Waals surface area contributed by atoms with Crippen LogP contribution < -0.4 is 5.32 Å². The van der Waals surface area contributed by atoms with E-state index in [1.54, 1.807) is 12.1 Å². The summed E-state index contributed by atoms with van der Waals surface area (Å²) < 4.78 is 27.0. The average Bonchev–Trinajstić information content (AvgIpc) is 2.60. The number of carbonyl (C=O) groups is 1. The van der Waals surface area contributed by atoms with Crippen molar-refractivity contribution in [3.63, 3.8) is 0 Å². The molecule has 0 saturated carbocycles. The van der Waals surface area contributed by atoms with E-state index in [4.69, 9.17) is 0 Å². The number of hydrogen-bond acceptors (Lipinski definition) is 4. The lowest BCUT2D eigenvalue weighted by atomic mass is 10.0. The van der Waals surface area contributed by atoms with E-state index in [0.29, 0.717) is 50.1 Å². The van der Waals surface area contributed by atoms with Crippen LogP contribution in [0.1, 0.15) is 38.7 Å². The molecule has 0 radical (unpaired) electrons. The molecule has 140 valence electrons. The van der Waals surface area contributed by atoms with Gasteiger partial charge >= 0.3 is 0 Å². The topological polar surface area (TPSA) is 69.7 Å². The lowest BCUT2D eigenvalue weighted by Crippen LogP contribution is -2.51. The van der Waals surface area contributed by atoms with Gasteiger partial charge in [0.05, 0.1) is 11.4 Å². The number of piperazine rings is 1. The number of amides is 1. The summed E-state index contributed by atoms with van der Waals surface area (Å²) in [6.07, 6.45) is 0.910. The Labute approximate surface area is 151 Å². The van der Waals surface area contributed by atoms with Gasteiger partial charge in [-0.3, -0.25) is 9.69 Å². The molecule has 25 heavy (non-hydrogen) atoms. The van der Waals surface area contributed by atoms with Crippen molar-refractivity contribution in [1.29, 1.82) is 0 Å². The summed E-state index contributed by atoms with van der Waals surface area (Å²) in [5.74, 6) is 0.376. The highest BCUT2D eigenvalue weighted by molar-refractivity contribution is 7.89. The molecule has 0 unspecified atom stereocenters. The third-order valence-corrected chi connectivity index (χ3v) is 6.37. The molecule has 0 bridgehead atoms. The van der Waals surface area contributed by atoms with Crippen LogP contribution >= 0.6 is 0 Å². The van der Waals surface area contributed by atoms with Crippen molar-refractivity contribution in [3.05, 3.63) is 29.8 Å². The third-order valence-electron chi connectivity index (χ3n) is 4.46. The highest BCUT2D eigenvalue weighted by Gasteiger charge is 2.29. The predicted molar refractivity (Wildman–Crippen MR) is 99.0 cm³/mol. The molecular formula is C18H29N3O3S. The number of carbonyl (C=O) groups excluding carboxylic acids is 1. The molecule has 0 spiro atoms. The van der Waals surface area contributed by atoms with E-state index in [0.717, 1.165) is 12.0 Å². The van der Waals surface area contributed by atoms with E-state index in [-0.39, 0.29) is 5.91 Å². The van der Waals surface area contributed by atoms with E-state index in [1.165, 1.54) is 4.31 Å². The maximum atomic E-state index is 12.8. The van der Waals surface area contributed by atoms with E-state index >= 15 is 0 Å². The Hall–Kier alpha value is -1.44. The minimum atomic E-state index is -3.46. The van der Waals surface area contributed by atoms with Gasteiger partial charge in [-0.15, -0.1) is 0 Å². The first kappa shape index (κ1) is 19.9. The first-order valence-corrected chi connectivity index (χ1v) is 10.4. The first-order valence-electron chi connectivity index (χ1n) is 8.93. The maximum Gasteiger partial charge on any atom is 0.243 e. The maximum absolute atomic E-state index is 12.8. The van der Waals surface area contributed by atoms with Crippen molar-refractivity contribution in [2.24, 2.45) is 0 Å². The Kier molecular flexibility index (Phi) is 6.98. The standard InChI is InChI=1S/C18H29N3O3S/c1-4-9-19-18(22)14-20-10-12-21(13-11-20)25(23,24)17-7-5-16(6-8-17)15(2)3/h5-8,15H,4,9-14H2,1-3H3,(H,19,22). The minimum Gasteiger partial charge on any atom is -0.355 e. The van der Waals surface area contributed by atoms with Crippen LogP contribution in [0.5, 0.6) is 0 Å². The largest absolute Gasteiger partial charge is 0.355 e. The van der Waals surface area contributed by atoms with Gasteiger partial charge in [0.25, 0.3) is 0 Å². The molecule has 1 aliphatic heterocycles. The third kappa shape index (κ3) is 5.26. The molecule has 1 fully saturated rings. The van der Waals surface area contributed by atoms with Gasteiger partial charge in [0.2, 0.25) is 15.9 Å². The Morgan fingerprint density at radius 1 is 1.12 bits per heavy atom. The van der Waals surface area contributed by atoms with Crippen LogP contribution in [0.4, 0.5) is 0 Å². The molecule has 1 heterocycles. The van der Waals surface area contributed by atoms with Crippen LogP contribution in [0, 0.1) is 0 Å². The van der Waals surface area contributed by atoms with E-state index in [9.17, 15) is 13.2 Å². The summed E-state index contributed by atoms with van der Waals surface area (Å²) in [5.41, 5.74) is 1.13. The second-order valence-electron chi connectivity index (χ2n) is 6.75. The summed E-state index contributed by atoms with van der Waals surface area (Å²) in [7, 11) is -3.46. The fourth-order valence-corrected chi connectivity index (χ4v) is 4.25. The summed E-state index contributed by atoms with van der Waals surface area (Å²) in [6, 6.07) is 7.14. The van der Waals surface area contributed by atoms with Gasteiger partial charge in [-0.25, -0.2) is 8.42 Å². The summed E-state index contributed by atoms with van der Waals surface area (Å²) in [4.78, 5) is 14.1. The van der Waals surface area contributed by atoms with Crippen LogP contribution in [0.2, 0.25) is 0 Å². The van der Waals surface area contributed by atoms with Crippen LogP contribution in [0.3, 0.4) is 0 Å². The van der Waals surface area contributed by atoms with E-state index in [2.05, 4.69) is 19.2 Å². The highest BCUT2D eigenvalue weighted by Crippen LogP contribution is 2.21. The van der Waals surface area contributed by atoms with Crippen LogP contribution in [-0.2, 0) is 14.8 Å². The molecule has 1 aromatic carbocycles. The second kappa shape index (κ2) is 8.78. The van der Waals surface area contributed by atoms with Gasteiger partial charge in [-0.2, -0.15) is 4.31 Å². The molecule has 0 atom stereocenters. The molecule has 1 saturated heterocycles. The quantitative estimate of drug-likeness (QED) is 0.795. The molecule has 7 heteroatoms. The van der Waals surface area contributed by atoms with Crippen molar-refractivity contribution in [3.8, 4) is 0 Å². The number of hydrogen-bond donors (Lipinski definition) is 1. The van der Waals surface area contributed by atoms with Gasteiger partial charge in [0.1, 0.15) is 0 Å². The monoisotopic (exact) mass is 367 g/mol. The average molecular weight is 368 g/mol. The highest BCUT2D eigenvalue weighted by atomic mass is 32.2. The van der Waals surface area contributed by atoms with Crippen molar-refractivity contribution >= 4 is 15.9 Å². The Bertz CT molecular complexity index is 663. The van der Waals surface area contributed by atoms with Gasteiger partial charge in [-0.1, -0.05) is 32.9 Å². The molecule has 0 aliphatic carbocycles. The molecule has 1 N–H and O–H groups in total. The Morgan fingerprint density at radius 2 is 1.72 bits per heavy atom. The zero-order valence-electron chi connectivity index (χ0n) is 15.4. The number of nitrogens with zero attached hydrogens (tertiary/aromatic N) is 2. The molecule has 6 nitrogen and oxygen atoms in total. The molecule has 2 rings (SSSR count). The van der Waals surface area contributed by atoms with Gasteiger partial charge in [0, 0.05) is 32.7 Å². The fourth-order valence-electron chi connectivity index (χ4n) is 2.83. The van der Waals surface area contributed by atoms with E-state index < -0.39 is 10.0 Å². The molecule has 0 aromatic heterocycles. The zero-order chi connectivity index (χ0) is 18.4. The first-order chi connectivity index (χ1) is 11.8. The lowest BCUT2D eigenvalue weighted by molar-refractivity contribution is -0.122. The number of sulfonamides is 1. The van der Waals surface area contributed by atoms with Gasteiger partial charge < -0.3 is 5.32 Å². The van der Waals surface area contributed by atoms with Crippen LogP contribution in [0.25, 0.3) is 0 Å². The fraction of sp³-hybridized carbons (Fsp3) is 0.611. The summed E-state index contributed by atoms with van der Waals surface area (Å²) in [5, 5.41) is 2.85. The number of nitrogens with one attached hydrogen (secondary N) is 1. The summed E-state index contributed by atoms with van der Waals surface area (Å²) in [6.45, 7) is 9.16. The normalized spacial score (nSPS) is 17.0. The Balaban J connectivity index is 1.93. The van der Waals surface area contributed by atoms with Gasteiger partial charge in [0.15, 0.2) is 0 Å². The number of rotatable bonds is 7. The lowest BCUT2D eigenvalue weighted by Gasteiger charge is -2.33. The van der Waals surface area contributed by atoms with Crippen molar-refractivity contribution in [1.82, 2.24) is 14.5 Å². The smallest absolute Gasteiger partial charge is 0.243 e. The van der Waals surface area contributed by atoms with Crippen molar-refractivity contribution in [2.45, 2.75) is 38.0 Å².